The van der Waals surface area contributed by atoms with Crippen LogP contribution in [0.3, 0.4) is 0 Å². The van der Waals surface area contributed by atoms with E-state index >= 15 is 0 Å². The molecule has 0 aromatic heterocycles. The number of hydrogen-bond acceptors (Lipinski definition) is 4. The molecule has 0 aliphatic carbocycles. The highest BCUT2D eigenvalue weighted by molar-refractivity contribution is 5.93. The summed E-state index contributed by atoms with van der Waals surface area (Å²) in [4.78, 5) is 14.5. The number of benzene rings is 1. The second kappa shape index (κ2) is 6.45. The molecular formula is C16H23N3O2. The number of carbonyl (C=O) groups excluding carboxylic acids is 1. The van der Waals surface area contributed by atoms with Gasteiger partial charge in [0.25, 0.3) is 0 Å². The number of likely N-dealkylation sites (tertiary alicyclic amines) is 1. The van der Waals surface area contributed by atoms with Gasteiger partial charge < -0.3 is 15.4 Å². The van der Waals surface area contributed by atoms with Gasteiger partial charge in [0.1, 0.15) is 5.75 Å². The average molecular weight is 289 g/mol. The SMILES string of the molecule is COc1ccccc1NC(=O)CN1CCC2CCC(C1)N2. The number of hydrogen-bond donors (Lipinski definition) is 2. The van der Waals surface area contributed by atoms with Gasteiger partial charge >= 0.3 is 0 Å². The quantitative estimate of drug-likeness (QED) is 0.881. The van der Waals surface area contributed by atoms with Crippen LogP contribution in [0.25, 0.3) is 0 Å². The van der Waals surface area contributed by atoms with Crippen LogP contribution in [0.5, 0.6) is 5.75 Å². The highest BCUT2D eigenvalue weighted by Gasteiger charge is 2.29. The van der Waals surface area contributed by atoms with Gasteiger partial charge in [0.2, 0.25) is 5.91 Å². The molecule has 2 heterocycles. The minimum Gasteiger partial charge on any atom is -0.495 e. The van der Waals surface area contributed by atoms with Gasteiger partial charge in [0.15, 0.2) is 0 Å². The van der Waals surface area contributed by atoms with E-state index < -0.39 is 0 Å². The van der Waals surface area contributed by atoms with E-state index in [-0.39, 0.29) is 5.91 Å². The number of methoxy groups -OCH3 is 1. The molecule has 2 bridgehead atoms. The first kappa shape index (κ1) is 14.4. The summed E-state index contributed by atoms with van der Waals surface area (Å²) >= 11 is 0. The molecule has 0 spiro atoms. The maximum atomic E-state index is 12.2. The van der Waals surface area contributed by atoms with E-state index in [1.54, 1.807) is 7.11 Å². The van der Waals surface area contributed by atoms with Crippen molar-refractivity contribution >= 4 is 11.6 Å². The number of amides is 1. The highest BCUT2D eigenvalue weighted by atomic mass is 16.5. The molecule has 0 saturated carbocycles. The summed E-state index contributed by atoms with van der Waals surface area (Å²) < 4.78 is 5.26. The van der Waals surface area contributed by atoms with E-state index in [1.165, 1.54) is 12.8 Å². The fourth-order valence-electron chi connectivity index (χ4n) is 3.30. The Morgan fingerprint density at radius 3 is 3.00 bits per heavy atom. The van der Waals surface area contributed by atoms with Crippen molar-refractivity contribution in [3.63, 3.8) is 0 Å². The average Bonchev–Trinajstić information content (AvgIpc) is 2.82. The number of nitrogens with one attached hydrogen (secondary N) is 2. The van der Waals surface area contributed by atoms with Crippen molar-refractivity contribution in [1.82, 2.24) is 10.2 Å². The first-order valence-electron chi connectivity index (χ1n) is 7.66. The molecule has 2 aliphatic rings. The van der Waals surface area contributed by atoms with Crippen LogP contribution in [-0.2, 0) is 4.79 Å². The molecule has 0 radical (unpaired) electrons. The lowest BCUT2D eigenvalue weighted by atomic mass is 10.1. The maximum Gasteiger partial charge on any atom is 0.238 e. The molecule has 2 fully saturated rings. The Labute approximate surface area is 125 Å². The monoisotopic (exact) mass is 289 g/mol. The molecule has 3 rings (SSSR count). The highest BCUT2D eigenvalue weighted by Crippen LogP contribution is 2.23. The summed E-state index contributed by atoms with van der Waals surface area (Å²) in [7, 11) is 1.61. The standard InChI is InChI=1S/C16H23N3O2/c1-21-15-5-3-2-4-14(15)18-16(20)11-19-9-8-12-6-7-13(10-19)17-12/h2-5,12-13,17H,6-11H2,1H3,(H,18,20). The molecule has 5 heteroatoms. The Morgan fingerprint density at radius 2 is 2.14 bits per heavy atom. The molecule has 1 amide bonds. The minimum atomic E-state index is 0.0253. The molecule has 21 heavy (non-hydrogen) atoms. The van der Waals surface area contributed by atoms with Gasteiger partial charge in [-0.2, -0.15) is 0 Å². The molecule has 2 N–H and O–H groups in total. The zero-order valence-corrected chi connectivity index (χ0v) is 12.5. The molecule has 2 atom stereocenters. The van der Waals surface area contributed by atoms with E-state index in [2.05, 4.69) is 15.5 Å². The van der Waals surface area contributed by atoms with Crippen molar-refractivity contribution < 1.29 is 9.53 Å². The van der Waals surface area contributed by atoms with Crippen molar-refractivity contribution in [2.24, 2.45) is 0 Å². The summed E-state index contributed by atoms with van der Waals surface area (Å²) in [5.74, 6) is 0.722. The van der Waals surface area contributed by atoms with Crippen molar-refractivity contribution in [2.75, 3.05) is 32.1 Å². The van der Waals surface area contributed by atoms with Gasteiger partial charge in [-0.05, 0) is 31.4 Å². The molecule has 2 saturated heterocycles. The van der Waals surface area contributed by atoms with Gasteiger partial charge in [0.05, 0.1) is 19.3 Å². The number of ether oxygens (including phenoxy) is 1. The van der Waals surface area contributed by atoms with Gasteiger partial charge in [-0.25, -0.2) is 0 Å². The smallest absolute Gasteiger partial charge is 0.238 e. The van der Waals surface area contributed by atoms with Crippen molar-refractivity contribution in [1.29, 1.82) is 0 Å². The van der Waals surface area contributed by atoms with Crippen LogP contribution in [0.1, 0.15) is 19.3 Å². The van der Waals surface area contributed by atoms with Gasteiger partial charge in [-0.3, -0.25) is 9.69 Å². The van der Waals surface area contributed by atoms with E-state index in [0.717, 1.165) is 25.2 Å². The Bertz CT molecular complexity index is 506. The number of fused-ring (bicyclic) bond motifs is 2. The first-order chi connectivity index (χ1) is 10.2. The van der Waals surface area contributed by atoms with Gasteiger partial charge in [-0.15, -0.1) is 0 Å². The second-order valence-corrected chi connectivity index (χ2v) is 5.91. The summed E-state index contributed by atoms with van der Waals surface area (Å²) in [6.45, 7) is 2.41. The van der Waals surface area contributed by atoms with Gasteiger partial charge in [-0.1, -0.05) is 12.1 Å². The predicted molar refractivity (Wildman–Crippen MR) is 82.6 cm³/mol. The number of rotatable bonds is 4. The van der Waals surface area contributed by atoms with E-state index in [9.17, 15) is 4.79 Å². The molecular weight excluding hydrogens is 266 g/mol. The summed E-state index contributed by atoms with van der Waals surface area (Å²) in [6, 6.07) is 8.71. The van der Waals surface area contributed by atoms with Crippen LogP contribution in [0.15, 0.2) is 24.3 Å². The minimum absolute atomic E-state index is 0.0253. The Hall–Kier alpha value is -1.59. The van der Waals surface area contributed by atoms with E-state index in [0.29, 0.717) is 24.4 Å². The zero-order chi connectivity index (χ0) is 14.7. The van der Waals surface area contributed by atoms with Crippen LogP contribution in [0, 0.1) is 0 Å². The maximum absolute atomic E-state index is 12.2. The van der Waals surface area contributed by atoms with Crippen LogP contribution in [0.2, 0.25) is 0 Å². The zero-order valence-electron chi connectivity index (χ0n) is 12.5. The Kier molecular flexibility index (Phi) is 4.41. The molecule has 2 unspecified atom stereocenters. The Morgan fingerprint density at radius 1 is 1.33 bits per heavy atom. The molecule has 1 aromatic rings. The summed E-state index contributed by atoms with van der Waals surface area (Å²) in [6.07, 6.45) is 3.65. The predicted octanol–water partition coefficient (Wildman–Crippen LogP) is 1.46. The largest absolute Gasteiger partial charge is 0.495 e. The molecule has 2 aliphatic heterocycles. The second-order valence-electron chi connectivity index (χ2n) is 5.91. The van der Waals surface area contributed by atoms with Crippen molar-refractivity contribution in [3.05, 3.63) is 24.3 Å². The number of para-hydroxylation sites is 2. The molecule has 5 nitrogen and oxygen atoms in total. The lowest BCUT2D eigenvalue weighted by Crippen LogP contribution is -2.39. The lowest BCUT2D eigenvalue weighted by molar-refractivity contribution is -0.117. The molecule has 1 aromatic carbocycles. The van der Waals surface area contributed by atoms with Crippen LogP contribution < -0.4 is 15.4 Å². The summed E-state index contributed by atoms with van der Waals surface area (Å²) in [5.41, 5.74) is 0.736. The number of carbonyl (C=O) groups is 1. The normalized spacial score (nSPS) is 25.4. The number of anilines is 1. The van der Waals surface area contributed by atoms with Crippen molar-refractivity contribution in [3.8, 4) is 5.75 Å². The van der Waals surface area contributed by atoms with E-state index in [4.69, 9.17) is 4.74 Å². The summed E-state index contributed by atoms with van der Waals surface area (Å²) in [5, 5.41) is 6.58. The number of nitrogens with zero attached hydrogens (tertiary/aromatic N) is 1. The van der Waals surface area contributed by atoms with Crippen LogP contribution in [0.4, 0.5) is 5.69 Å². The fourth-order valence-corrected chi connectivity index (χ4v) is 3.30. The van der Waals surface area contributed by atoms with Crippen LogP contribution >= 0.6 is 0 Å². The Balaban J connectivity index is 1.56. The van der Waals surface area contributed by atoms with Crippen LogP contribution in [-0.4, -0.2) is 49.6 Å². The lowest BCUT2D eigenvalue weighted by Gasteiger charge is -2.23. The third-order valence-corrected chi connectivity index (χ3v) is 4.36. The molecule has 114 valence electrons. The van der Waals surface area contributed by atoms with Gasteiger partial charge in [0, 0.05) is 25.2 Å². The fraction of sp³-hybridized carbons (Fsp3) is 0.562. The third-order valence-electron chi connectivity index (χ3n) is 4.36. The first-order valence-corrected chi connectivity index (χ1v) is 7.66. The third kappa shape index (κ3) is 3.54. The topological polar surface area (TPSA) is 53.6 Å². The van der Waals surface area contributed by atoms with E-state index in [1.807, 2.05) is 24.3 Å². The van der Waals surface area contributed by atoms with Crippen molar-refractivity contribution in [2.45, 2.75) is 31.3 Å².